The summed E-state index contributed by atoms with van der Waals surface area (Å²) < 4.78 is 0. The Bertz CT molecular complexity index is 671. The van der Waals surface area contributed by atoms with Gasteiger partial charge in [0.05, 0.1) is 11.7 Å². The van der Waals surface area contributed by atoms with Crippen molar-refractivity contribution in [2.24, 2.45) is 0 Å². The van der Waals surface area contributed by atoms with Gasteiger partial charge in [0.15, 0.2) is 10.9 Å². The van der Waals surface area contributed by atoms with Crippen LogP contribution in [0.1, 0.15) is 43.6 Å². The number of anilines is 2. The van der Waals surface area contributed by atoms with Gasteiger partial charge >= 0.3 is 0 Å². The third-order valence-corrected chi connectivity index (χ3v) is 4.64. The Morgan fingerprint density at radius 2 is 2.27 bits per heavy atom. The number of carbonyl (C=O) groups excluding carboxylic acids is 1. The lowest BCUT2D eigenvalue weighted by atomic mass is 10.1. The fourth-order valence-electron chi connectivity index (χ4n) is 2.75. The molecular formula is C15H19N5OS. The quantitative estimate of drug-likeness (QED) is 0.938. The molecule has 2 aromatic heterocycles. The summed E-state index contributed by atoms with van der Waals surface area (Å²) in [6.45, 7) is 4.65. The third kappa shape index (κ3) is 2.94. The van der Waals surface area contributed by atoms with Crippen LogP contribution in [0.4, 0.5) is 10.9 Å². The van der Waals surface area contributed by atoms with E-state index in [1.165, 1.54) is 11.3 Å². The number of aryl methyl sites for hydroxylation is 1. The van der Waals surface area contributed by atoms with Crippen LogP contribution in [-0.4, -0.2) is 32.3 Å². The van der Waals surface area contributed by atoms with Crippen LogP contribution in [0.2, 0.25) is 0 Å². The van der Waals surface area contributed by atoms with Gasteiger partial charge < -0.3 is 10.2 Å². The number of hydrogen-bond donors (Lipinski definition) is 1. The molecule has 1 N–H and O–H groups in total. The molecule has 0 spiro atoms. The van der Waals surface area contributed by atoms with E-state index in [4.69, 9.17) is 0 Å². The Balaban J connectivity index is 1.89. The molecule has 0 saturated carbocycles. The Morgan fingerprint density at radius 1 is 1.45 bits per heavy atom. The molecule has 116 valence electrons. The predicted molar refractivity (Wildman–Crippen MR) is 86.1 cm³/mol. The molecule has 7 heteroatoms. The number of rotatable bonds is 4. The number of nitrogens with one attached hydrogen (secondary N) is 1. The van der Waals surface area contributed by atoms with E-state index in [0.29, 0.717) is 12.2 Å². The molecule has 2 aromatic rings. The smallest absolute Gasteiger partial charge is 0.222 e. The molecule has 6 nitrogen and oxygen atoms in total. The van der Waals surface area contributed by atoms with E-state index in [9.17, 15) is 4.79 Å². The van der Waals surface area contributed by atoms with Crippen LogP contribution in [0.3, 0.4) is 0 Å². The van der Waals surface area contributed by atoms with Gasteiger partial charge in [-0.2, -0.15) is 0 Å². The van der Waals surface area contributed by atoms with E-state index in [2.05, 4.69) is 20.3 Å². The van der Waals surface area contributed by atoms with Crippen LogP contribution in [-0.2, 0) is 4.79 Å². The zero-order valence-electron chi connectivity index (χ0n) is 12.7. The lowest BCUT2D eigenvalue weighted by molar-refractivity contribution is -0.131. The second-order valence-electron chi connectivity index (χ2n) is 5.31. The average molecular weight is 317 g/mol. The number of carbonyl (C=O) groups is 1. The van der Waals surface area contributed by atoms with Gasteiger partial charge in [0, 0.05) is 30.7 Å². The van der Waals surface area contributed by atoms with Gasteiger partial charge in [-0.25, -0.2) is 9.97 Å². The minimum Gasteiger partial charge on any atom is -0.334 e. The molecule has 1 fully saturated rings. The maximum absolute atomic E-state index is 12.1. The van der Waals surface area contributed by atoms with E-state index in [0.717, 1.165) is 35.9 Å². The fourth-order valence-corrected chi connectivity index (χ4v) is 3.44. The first-order valence-corrected chi connectivity index (χ1v) is 8.36. The summed E-state index contributed by atoms with van der Waals surface area (Å²) in [5.74, 6) is 0.863. The van der Waals surface area contributed by atoms with Gasteiger partial charge in [-0.1, -0.05) is 6.92 Å². The van der Waals surface area contributed by atoms with Crippen molar-refractivity contribution in [1.29, 1.82) is 0 Å². The third-order valence-electron chi connectivity index (χ3n) is 3.76. The van der Waals surface area contributed by atoms with Crippen LogP contribution in [0.25, 0.3) is 0 Å². The Labute approximate surface area is 133 Å². The zero-order valence-corrected chi connectivity index (χ0v) is 13.6. The zero-order chi connectivity index (χ0) is 15.5. The normalized spacial score (nSPS) is 17.7. The molecule has 0 bridgehead atoms. The first-order valence-electron chi connectivity index (χ1n) is 7.48. The number of nitrogens with zero attached hydrogens (tertiary/aromatic N) is 4. The van der Waals surface area contributed by atoms with Crippen LogP contribution >= 0.6 is 11.3 Å². The Hall–Kier alpha value is -2.02. The van der Waals surface area contributed by atoms with E-state index < -0.39 is 0 Å². The molecule has 0 aromatic carbocycles. The molecule has 1 saturated heterocycles. The van der Waals surface area contributed by atoms with Gasteiger partial charge in [-0.3, -0.25) is 9.78 Å². The molecule has 1 aliphatic heterocycles. The number of hydrogen-bond acceptors (Lipinski definition) is 6. The number of aromatic nitrogens is 3. The molecule has 1 unspecified atom stereocenters. The standard InChI is InChI=1S/C15H19N5OS/c1-3-12(21)20-8-4-5-11(20)13-14(17-7-6-16-13)19-15-18-10(2)9-22-15/h6-7,9,11H,3-5,8H2,1-2H3,(H,17,18,19). The first kappa shape index (κ1) is 14.9. The molecule has 1 aliphatic rings. The minimum atomic E-state index is 0.00436. The van der Waals surface area contributed by atoms with Gasteiger partial charge in [-0.05, 0) is 19.8 Å². The molecule has 1 amide bonds. The van der Waals surface area contributed by atoms with E-state index in [-0.39, 0.29) is 11.9 Å². The van der Waals surface area contributed by atoms with E-state index in [1.54, 1.807) is 12.4 Å². The molecule has 0 radical (unpaired) electrons. The molecule has 22 heavy (non-hydrogen) atoms. The van der Waals surface area contributed by atoms with Gasteiger partial charge in [-0.15, -0.1) is 11.3 Å². The molecule has 0 aliphatic carbocycles. The predicted octanol–water partition coefficient (Wildman–Crippen LogP) is 3.06. The van der Waals surface area contributed by atoms with Crippen LogP contribution < -0.4 is 5.32 Å². The highest BCUT2D eigenvalue weighted by Gasteiger charge is 2.32. The summed E-state index contributed by atoms with van der Waals surface area (Å²) >= 11 is 1.54. The number of thiazole rings is 1. The average Bonchev–Trinajstić information content (AvgIpc) is 3.16. The summed E-state index contributed by atoms with van der Waals surface area (Å²) in [6, 6.07) is 0.00436. The number of amides is 1. The first-order chi connectivity index (χ1) is 10.7. The van der Waals surface area contributed by atoms with Gasteiger partial charge in [0.1, 0.15) is 5.69 Å². The highest BCUT2D eigenvalue weighted by Crippen LogP contribution is 2.35. The second kappa shape index (κ2) is 6.39. The SMILES string of the molecule is CCC(=O)N1CCCC1c1nccnc1Nc1nc(C)cs1. The Morgan fingerprint density at radius 3 is 3.00 bits per heavy atom. The van der Waals surface area contributed by atoms with Crippen molar-refractivity contribution in [1.82, 2.24) is 19.9 Å². The van der Waals surface area contributed by atoms with Crippen LogP contribution in [0.5, 0.6) is 0 Å². The summed E-state index contributed by atoms with van der Waals surface area (Å²) in [7, 11) is 0. The van der Waals surface area contributed by atoms with Gasteiger partial charge in [0.25, 0.3) is 0 Å². The monoisotopic (exact) mass is 317 g/mol. The Kier molecular flexibility index (Phi) is 4.33. The summed E-state index contributed by atoms with van der Waals surface area (Å²) in [6.07, 6.45) is 5.79. The van der Waals surface area contributed by atoms with Crippen molar-refractivity contribution in [2.45, 2.75) is 39.2 Å². The van der Waals surface area contributed by atoms with Crippen molar-refractivity contribution in [3.05, 3.63) is 29.2 Å². The van der Waals surface area contributed by atoms with Crippen molar-refractivity contribution in [3.63, 3.8) is 0 Å². The topological polar surface area (TPSA) is 71.0 Å². The van der Waals surface area contributed by atoms with Crippen molar-refractivity contribution in [2.75, 3.05) is 11.9 Å². The maximum Gasteiger partial charge on any atom is 0.222 e. The van der Waals surface area contributed by atoms with Crippen molar-refractivity contribution >= 4 is 28.2 Å². The number of likely N-dealkylation sites (tertiary alicyclic amines) is 1. The summed E-state index contributed by atoms with van der Waals surface area (Å²) in [5.41, 5.74) is 1.80. The molecular weight excluding hydrogens is 298 g/mol. The van der Waals surface area contributed by atoms with Crippen molar-refractivity contribution in [3.8, 4) is 0 Å². The second-order valence-corrected chi connectivity index (χ2v) is 6.17. The lowest BCUT2D eigenvalue weighted by Crippen LogP contribution is -2.30. The van der Waals surface area contributed by atoms with Gasteiger partial charge in [0.2, 0.25) is 5.91 Å². The molecule has 3 rings (SSSR count). The van der Waals surface area contributed by atoms with E-state index >= 15 is 0 Å². The summed E-state index contributed by atoms with van der Waals surface area (Å²) in [4.78, 5) is 27.3. The largest absolute Gasteiger partial charge is 0.334 e. The molecule has 3 heterocycles. The molecule has 1 atom stereocenters. The summed E-state index contributed by atoms with van der Waals surface area (Å²) in [5, 5.41) is 6.03. The highest BCUT2D eigenvalue weighted by molar-refractivity contribution is 7.13. The highest BCUT2D eigenvalue weighted by atomic mass is 32.1. The maximum atomic E-state index is 12.1. The van der Waals surface area contributed by atoms with Crippen LogP contribution in [0, 0.1) is 6.92 Å². The van der Waals surface area contributed by atoms with E-state index in [1.807, 2.05) is 24.1 Å². The lowest BCUT2D eigenvalue weighted by Gasteiger charge is -2.25. The van der Waals surface area contributed by atoms with Crippen LogP contribution in [0.15, 0.2) is 17.8 Å². The fraction of sp³-hybridized carbons (Fsp3) is 0.467. The van der Waals surface area contributed by atoms with Crippen molar-refractivity contribution < 1.29 is 4.79 Å². The minimum absolute atomic E-state index is 0.00436.